The normalized spacial score (nSPS) is 11.5. The minimum Gasteiger partial charge on any atom is -0.438 e. The summed E-state index contributed by atoms with van der Waals surface area (Å²) in [5, 5.41) is 4.57. The maximum atomic E-state index is 13.4. The lowest BCUT2D eigenvalue weighted by Gasteiger charge is -2.03. The molecular weight excluding hydrogens is 393 g/mol. The molecule has 0 saturated heterocycles. The molecule has 5 nitrogen and oxygen atoms in total. The number of nitrogens with zero attached hydrogens (tertiary/aromatic N) is 4. The van der Waals surface area contributed by atoms with Gasteiger partial charge in [0.05, 0.1) is 11.1 Å². The van der Waals surface area contributed by atoms with E-state index in [9.17, 15) is 13.2 Å². The molecule has 3 aromatic heterocycles. The Bertz CT molecular complexity index is 1330. The van der Waals surface area contributed by atoms with E-state index in [-0.39, 0.29) is 5.69 Å². The lowest BCUT2D eigenvalue weighted by molar-refractivity contribution is 0.0569. The average molecular weight is 406 g/mol. The van der Waals surface area contributed by atoms with Crippen LogP contribution in [-0.4, -0.2) is 19.7 Å². The van der Waals surface area contributed by atoms with E-state index in [1.54, 1.807) is 6.07 Å². The first-order valence-corrected chi connectivity index (χ1v) is 9.04. The lowest BCUT2D eigenvalue weighted by Crippen LogP contribution is -1.98. The van der Waals surface area contributed by atoms with E-state index in [4.69, 9.17) is 4.42 Å². The Kier molecular flexibility index (Phi) is 4.31. The Balaban J connectivity index is 1.72. The fourth-order valence-corrected chi connectivity index (χ4v) is 3.30. The molecule has 30 heavy (non-hydrogen) atoms. The van der Waals surface area contributed by atoms with Gasteiger partial charge in [-0.05, 0) is 30.3 Å². The number of furan rings is 1. The SMILES string of the molecule is Fc1ccc(-c2nn(C(F)F)cc2-c2ncnc3oc(-c4ccccc4)cc23)cc1. The van der Waals surface area contributed by atoms with Crippen LogP contribution in [0.3, 0.4) is 0 Å². The van der Waals surface area contributed by atoms with E-state index in [0.717, 1.165) is 5.56 Å². The summed E-state index contributed by atoms with van der Waals surface area (Å²) in [6, 6.07) is 16.7. The highest BCUT2D eigenvalue weighted by atomic mass is 19.3. The zero-order chi connectivity index (χ0) is 20.7. The third-order valence-corrected chi connectivity index (χ3v) is 4.69. The highest BCUT2D eigenvalue weighted by Crippen LogP contribution is 2.37. The third-order valence-electron chi connectivity index (χ3n) is 4.69. The van der Waals surface area contributed by atoms with Crippen LogP contribution in [0.15, 0.2) is 77.6 Å². The zero-order valence-electron chi connectivity index (χ0n) is 15.3. The van der Waals surface area contributed by atoms with Crippen molar-refractivity contribution in [2.75, 3.05) is 0 Å². The molecule has 0 spiro atoms. The number of aromatic nitrogens is 4. The molecule has 0 amide bonds. The van der Waals surface area contributed by atoms with Gasteiger partial charge in [-0.1, -0.05) is 30.3 Å². The van der Waals surface area contributed by atoms with Crippen molar-refractivity contribution in [3.8, 4) is 33.8 Å². The van der Waals surface area contributed by atoms with Gasteiger partial charge < -0.3 is 4.42 Å². The number of halogens is 3. The van der Waals surface area contributed by atoms with Crippen molar-refractivity contribution >= 4 is 11.1 Å². The van der Waals surface area contributed by atoms with Crippen molar-refractivity contribution in [3.63, 3.8) is 0 Å². The number of fused-ring (bicyclic) bond motifs is 1. The predicted octanol–water partition coefficient (Wildman–Crippen LogP) is 5.95. The number of alkyl halides is 2. The van der Waals surface area contributed by atoms with Crippen molar-refractivity contribution in [2.45, 2.75) is 6.55 Å². The Morgan fingerprint density at radius 1 is 0.867 bits per heavy atom. The van der Waals surface area contributed by atoms with Crippen LogP contribution in [0, 0.1) is 5.82 Å². The standard InChI is InChI=1S/C22H13F3N4O/c23-15-8-6-14(7-9-15)19-17(11-29(28-19)22(24)25)20-16-10-18(13-4-2-1-3-5-13)30-21(16)27-12-26-20/h1-12,22H. The predicted molar refractivity (Wildman–Crippen MR) is 105 cm³/mol. The van der Waals surface area contributed by atoms with Gasteiger partial charge in [-0.15, -0.1) is 0 Å². The summed E-state index contributed by atoms with van der Waals surface area (Å²) in [5.74, 6) is 0.150. The first-order chi connectivity index (χ1) is 14.6. The van der Waals surface area contributed by atoms with Gasteiger partial charge in [-0.25, -0.2) is 19.0 Å². The van der Waals surface area contributed by atoms with E-state index < -0.39 is 12.4 Å². The zero-order valence-corrected chi connectivity index (χ0v) is 15.3. The lowest BCUT2D eigenvalue weighted by atomic mass is 10.0. The molecule has 0 atom stereocenters. The topological polar surface area (TPSA) is 56.7 Å². The first kappa shape index (κ1) is 18.1. The molecule has 0 aliphatic carbocycles. The second-order valence-corrected chi connectivity index (χ2v) is 6.57. The van der Waals surface area contributed by atoms with E-state index in [1.807, 2.05) is 30.3 Å². The maximum Gasteiger partial charge on any atom is 0.333 e. The van der Waals surface area contributed by atoms with Crippen molar-refractivity contribution in [3.05, 3.63) is 79.0 Å². The van der Waals surface area contributed by atoms with Gasteiger partial charge in [0, 0.05) is 22.9 Å². The quantitative estimate of drug-likeness (QED) is 0.370. The van der Waals surface area contributed by atoms with E-state index in [0.29, 0.717) is 38.4 Å². The molecule has 0 aliphatic heterocycles. The van der Waals surface area contributed by atoms with E-state index in [2.05, 4.69) is 15.1 Å². The Labute approximate surface area is 168 Å². The minimum absolute atomic E-state index is 0.262. The molecule has 148 valence electrons. The fraction of sp³-hybridized carbons (Fsp3) is 0.0455. The van der Waals surface area contributed by atoms with Crippen LogP contribution >= 0.6 is 0 Å². The summed E-state index contributed by atoms with van der Waals surface area (Å²) in [7, 11) is 0. The molecule has 5 rings (SSSR count). The summed E-state index contributed by atoms with van der Waals surface area (Å²) < 4.78 is 46.5. The van der Waals surface area contributed by atoms with Crippen LogP contribution in [0.1, 0.15) is 6.55 Å². The second-order valence-electron chi connectivity index (χ2n) is 6.57. The summed E-state index contributed by atoms with van der Waals surface area (Å²) >= 11 is 0. The number of hydrogen-bond donors (Lipinski definition) is 0. The number of rotatable bonds is 4. The molecule has 0 fully saturated rings. The van der Waals surface area contributed by atoms with Crippen molar-refractivity contribution in [1.29, 1.82) is 0 Å². The van der Waals surface area contributed by atoms with Crippen molar-refractivity contribution in [1.82, 2.24) is 19.7 Å². The van der Waals surface area contributed by atoms with Crippen molar-refractivity contribution in [2.24, 2.45) is 0 Å². The van der Waals surface area contributed by atoms with Crippen LogP contribution in [-0.2, 0) is 0 Å². The minimum atomic E-state index is -2.83. The first-order valence-electron chi connectivity index (χ1n) is 9.04. The molecule has 2 aromatic carbocycles. The van der Waals surface area contributed by atoms with Gasteiger partial charge in [0.1, 0.15) is 23.6 Å². The summed E-state index contributed by atoms with van der Waals surface area (Å²) in [5.41, 5.74) is 2.70. The monoisotopic (exact) mass is 406 g/mol. The Hall–Kier alpha value is -3.94. The van der Waals surface area contributed by atoms with Gasteiger partial charge in [-0.3, -0.25) is 0 Å². The van der Waals surface area contributed by atoms with E-state index in [1.165, 1.54) is 36.8 Å². The molecule has 3 heterocycles. The van der Waals surface area contributed by atoms with Gasteiger partial charge in [-0.2, -0.15) is 13.9 Å². The van der Waals surface area contributed by atoms with Crippen LogP contribution in [0.4, 0.5) is 13.2 Å². The maximum absolute atomic E-state index is 13.4. The largest absolute Gasteiger partial charge is 0.438 e. The molecule has 5 aromatic rings. The summed E-state index contributed by atoms with van der Waals surface area (Å²) in [4.78, 5) is 8.48. The second kappa shape index (κ2) is 7.14. The van der Waals surface area contributed by atoms with Crippen LogP contribution < -0.4 is 0 Å². The Morgan fingerprint density at radius 2 is 1.63 bits per heavy atom. The van der Waals surface area contributed by atoms with Crippen LogP contribution in [0.25, 0.3) is 44.9 Å². The molecule has 0 unspecified atom stereocenters. The van der Waals surface area contributed by atoms with Gasteiger partial charge >= 0.3 is 6.55 Å². The smallest absolute Gasteiger partial charge is 0.333 e. The number of hydrogen-bond acceptors (Lipinski definition) is 4. The molecule has 0 saturated carbocycles. The van der Waals surface area contributed by atoms with Crippen LogP contribution in [0.5, 0.6) is 0 Å². The molecule has 0 N–H and O–H groups in total. The van der Waals surface area contributed by atoms with Gasteiger partial charge in [0.25, 0.3) is 0 Å². The Morgan fingerprint density at radius 3 is 2.37 bits per heavy atom. The van der Waals surface area contributed by atoms with Gasteiger partial charge in [0.15, 0.2) is 0 Å². The molecule has 0 aliphatic rings. The molecule has 0 radical (unpaired) electrons. The fourth-order valence-electron chi connectivity index (χ4n) is 3.30. The average Bonchev–Trinajstić information content (AvgIpc) is 3.40. The molecule has 8 heteroatoms. The molecule has 0 bridgehead atoms. The van der Waals surface area contributed by atoms with Crippen molar-refractivity contribution < 1.29 is 17.6 Å². The van der Waals surface area contributed by atoms with Gasteiger partial charge in [0.2, 0.25) is 5.71 Å². The number of benzene rings is 2. The van der Waals surface area contributed by atoms with Crippen LogP contribution in [0.2, 0.25) is 0 Å². The summed E-state index contributed by atoms with van der Waals surface area (Å²) in [6.07, 6.45) is 2.53. The third kappa shape index (κ3) is 3.12. The highest BCUT2D eigenvalue weighted by Gasteiger charge is 2.21. The summed E-state index contributed by atoms with van der Waals surface area (Å²) in [6.45, 7) is -2.83. The molecular formula is C22H13F3N4O. The highest BCUT2D eigenvalue weighted by molar-refractivity contribution is 5.95. The van der Waals surface area contributed by atoms with E-state index >= 15 is 0 Å².